The van der Waals surface area contributed by atoms with Gasteiger partial charge in [0.05, 0.1) is 12.7 Å². The zero-order valence-electron chi connectivity index (χ0n) is 18.8. The van der Waals surface area contributed by atoms with Crippen molar-refractivity contribution in [2.75, 3.05) is 19.7 Å². The number of nitrogens with zero attached hydrogens (tertiary/aromatic N) is 1. The van der Waals surface area contributed by atoms with Gasteiger partial charge in [-0.25, -0.2) is 0 Å². The maximum atomic E-state index is 6.42. The molecule has 0 bridgehead atoms. The summed E-state index contributed by atoms with van der Waals surface area (Å²) < 4.78 is 31.2. The molecule has 0 saturated carbocycles. The van der Waals surface area contributed by atoms with E-state index < -0.39 is 12.1 Å². The van der Waals surface area contributed by atoms with E-state index in [9.17, 15) is 0 Å². The predicted octanol–water partition coefficient (Wildman–Crippen LogP) is 3.73. The molecule has 168 valence electrons. The smallest absolute Gasteiger partial charge is 0.187 e. The summed E-state index contributed by atoms with van der Waals surface area (Å²) in [6.45, 7) is 10.9. The zero-order valence-corrected chi connectivity index (χ0v) is 18.8. The molecule has 0 N–H and O–H groups in total. The van der Waals surface area contributed by atoms with E-state index in [0.29, 0.717) is 6.61 Å². The summed E-state index contributed by atoms with van der Waals surface area (Å²) >= 11 is 0. The average Bonchev–Trinajstić information content (AvgIpc) is 3.39. The number of aryl methyl sites for hydroxylation is 1. The van der Waals surface area contributed by atoms with Crippen LogP contribution in [0.3, 0.4) is 0 Å². The molecule has 4 rings (SSSR count). The molecule has 3 aliphatic heterocycles. The first-order valence-corrected chi connectivity index (χ1v) is 11.5. The van der Waals surface area contributed by atoms with Crippen molar-refractivity contribution < 1.29 is 23.7 Å². The highest BCUT2D eigenvalue weighted by Crippen LogP contribution is 2.41. The van der Waals surface area contributed by atoms with Crippen molar-refractivity contribution in [3.63, 3.8) is 0 Å². The van der Waals surface area contributed by atoms with Gasteiger partial charge in [0.25, 0.3) is 0 Å². The normalized spacial score (nSPS) is 34.3. The van der Waals surface area contributed by atoms with E-state index in [1.54, 1.807) is 0 Å². The molecular weight excluding hydrogens is 382 g/mol. The van der Waals surface area contributed by atoms with Crippen LogP contribution in [0.25, 0.3) is 0 Å². The molecule has 6 nitrogen and oxygen atoms in total. The van der Waals surface area contributed by atoms with Gasteiger partial charge in [0.15, 0.2) is 12.1 Å². The molecule has 1 aromatic carbocycles. The topological polar surface area (TPSA) is 49.4 Å². The molecule has 30 heavy (non-hydrogen) atoms. The summed E-state index contributed by atoms with van der Waals surface area (Å²) in [7, 11) is 0. The summed E-state index contributed by atoms with van der Waals surface area (Å²) in [6, 6.07) is 10.5. The van der Waals surface area contributed by atoms with Gasteiger partial charge in [-0.2, -0.15) is 0 Å². The highest BCUT2D eigenvalue weighted by molar-refractivity contribution is 5.14. The fourth-order valence-electron chi connectivity index (χ4n) is 4.86. The zero-order chi connectivity index (χ0) is 21.1. The summed E-state index contributed by atoms with van der Waals surface area (Å²) in [5.41, 5.74) is 1.32. The molecule has 3 heterocycles. The third-order valence-corrected chi connectivity index (χ3v) is 6.33. The van der Waals surface area contributed by atoms with Crippen LogP contribution in [0.1, 0.15) is 52.5 Å². The van der Waals surface area contributed by atoms with Crippen molar-refractivity contribution in [3.05, 3.63) is 35.9 Å². The minimum atomic E-state index is -0.633. The number of likely N-dealkylation sites (tertiary alicyclic amines) is 1. The Hall–Kier alpha value is -1.02. The van der Waals surface area contributed by atoms with E-state index in [-0.39, 0.29) is 30.6 Å². The lowest BCUT2D eigenvalue weighted by Gasteiger charge is -2.31. The van der Waals surface area contributed by atoms with Gasteiger partial charge >= 0.3 is 0 Å². The third-order valence-electron chi connectivity index (χ3n) is 6.33. The van der Waals surface area contributed by atoms with Crippen LogP contribution in [0.5, 0.6) is 0 Å². The van der Waals surface area contributed by atoms with Crippen molar-refractivity contribution in [2.45, 2.75) is 96.1 Å². The predicted molar refractivity (Wildman–Crippen MR) is 114 cm³/mol. The molecule has 1 unspecified atom stereocenters. The van der Waals surface area contributed by atoms with Crippen LogP contribution in [-0.2, 0) is 30.1 Å². The van der Waals surface area contributed by atoms with E-state index in [0.717, 1.165) is 32.4 Å². The van der Waals surface area contributed by atoms with Gasteiger partial charge < -0.3 is 23.7 Å². The van der Waals surface area contributed by atoms with E-state index in [2.05, 4.69) is 43.0 Å². The molecule has 6 heteroatoms. The van der Waals surface area contributed by atoms with Gasteiger partial charge in [-0.05, 0) is 58.6 Å². The van der Waals surface area contributed by atoms with Gasteiger partial charge in [0, 0.05) is 6.54 Å². The lowest BCUT2D eigenvalue weighted by molar-refractivity contribution is -0.249. The number of hydrogen-bond acceptors (Lipinski definition) is 6. The maximum absolute atomic E-state index is 6.42. The van der Waals surface area contributed by atoms with Gasteiger partial charge in [0.2, 0.25) is 0 Å². The van der Waals surface area contributed by atoms with Crippen LogP contribution in [-0.4, -0.2) is 67.3 Å². The first-order valence-electron chi connectivity index (χ1n) is 11.5. The lowest BCUT2D eigenvalue weighted by Crippen LogP contribution is -2.43. The largest absolute Gasteiger partial charge is 0.357 e. The molecule has 3 saturated heterocycles. The summed E-state index contributed by atoms with van der Waals surface area (Å²) in [5.74, 6) is -0.633. The number of ether oxygens (including phenoxy) is 5. The van der Waals surface area contributed by atoms with Crippen LogP contribution in [0.4, 0.5) is 0 Å². The molecule has 6 atom stereocenters. The average molecular weight is 420 g/mol. The van der Waals surface area contributed by atoms with Crippen molar-refractivity contribution in [2.24, 2.45) is 0 Å². The van der Waals surface area contributed by atoms with Crippen LogP contribution in [0, 0.1) is 0 Å². The van der Waals surface area contributed by atoms with E-state index in [1.807, 2.05) is 19.9 Å². The summed E-state index contributed by atoms with van der Waals surface area (Å²) in [5, 5.41) is 0. The van der Waals surface area contributed by atoms with Crippen LogP contribution < -0.4 is 0 Å². The Morgan fingerprint density at radius 1 is 1.17 bits per heavy atom. The lowest BCUT2D eigenvalue weighted by atomic mass is 10.1. The Kier molecular flexibility index (Phi) is 7.12. The van der Waals surface area contributed by atoms with Gasteiger partial charge in [0.1, 0.15) is 24.5 Å². The molecule has 3 aliphatic rings. The Morgan fingerprint density at radius 2 is 1.93 bits per heavy atom. The second kappa shape index (κ2) is 9.63. The molecule has 0 amide bonds. The number of rotatable bonds is 9. The minimum Gasteiger partial charge on any atom is -0.357 e. The molecule has 0 spiro atoms. The highest BCUT2D eigenvalue weighted by Gasteiger charge is 2.57. The molecule has 0 aliphatic carbocycles. The Bertz CT molecular complexity index is 669. The van der Waals surface area contributed by atoms with E-state index >= 15 is 0 Å². The van der Waals surface area contributed by atoms with Crippen LogP contribution >= 0.6 is 0 Å². The summed E-state index contributed by atoms with van der Waals surface area (Å²) in [4.78, 5) is 2.39. The third kappa shape index (κ3) is 5.06. The van der Waals surface area contributed by atoms with Crippen molar-refractivity contribution in [1.29, 1.82) is 0 Å². The summed E-state index contributed by atoms with van der Waals surface area (Å²) in [6.07, 6.45) is 3.23. The number of hydrogen-bond donors (Lipinski definition) is 0. The monoisotopic (exact) mass is 419 g/mol. The number of benzene rings is 1. The molecular formula is C24H37NO5. The van der Waals surface area contributed by atoms with E-state index in [1.165, 1.54) is 12.0 Å². The fourth-order valence-corrected chi connectivity index (χ4v) is 4.86. The van der Waals surface area contributed by atoms with Crippen molar-refractivity contribution in [3.8, 4) is 0 Å². The molecule has 0 radical (unpaired) electrons. The standard InChI is InChI=1S/C24H37NO5/c1-5-25-15-9-14-19(25)27-17(2)20-21-22(30-24(3,4)29-21)23(28-20)26-16-10-13-18-11-7-6-8-12-18/h6-8,11-12,17,19-23H,5,9-10,13-16H2,1-4H3/t17-,19?,20-,21+,22+,23+/m1/s1. The second-order valence-corrected chi connectivity index (χ2v) is 9.06. The first-order chi connectivity index (χ1) is 14.5. The van der Waals surface area contributed by atoms with Crippen molar-refractivity contribution in [1.82, 2.24) is 4.90 Å². The van der Waals surface area contributed by atoms with Gasteiger partial charge in [-0.1, -0.05) is 37.3 Å². The SMILES string of the molecule is CCN1CCCC1O[C@H](C)[C@H]1O[C@H](OCCCc2ccccc2)[C@H]2OC(C)(C)O[C@H]21. The number of fused-ring (bicyclic) bond motifs is 1. The van der Waals surface area contributed by atoms with Gasteiger partial charge in [-0.3, -0.25) is 4.90 Å². The quantitative estimate of drug-likeness (QED) is 0.569. The second-order valence-electron chi connectivity index (χ2n) is 9.06. The highest BCUT2D eigenvalue weighted by atomic mass is 16.8. The van der Waals surface area contributed by atoms with Crippen molar-refractivity contribution >= 4 is 0 Å². The molecule has 1 aromatic rings. The van der Waals surface area contributed by atoms with Gasteiger partial charge in [-0.15, -0.1) is 0 Å². The molecule has 3 fully saturated rings. The minimum absolute atomic E-state index is 0.0925. The first kappa shape index (κ1) is 22.2. The fraction of sp³-hybridized carbons (Fsp3) is 0.750. The Labute approximate surface area is 180 Å². The van der Waals surface area contributed by atoms with E-state index in [4.69, 9.17) is 23.7 Å². The Morgan fingerprint density at radius 3 is 2.70 bits per heavy atom. The van der Waals surface area contributed by atoms with Crippen LogP contribution in [0.15, 0.2) is 30.3 Å². The Balaban J connectivity index is 1.33. The molecule has 0 aromatic heterocycles. The van der Waals surface area contributed by atoms with Crippen LogP contribution in [0.2, 0.25) is 0 Å². The maximum Gasteiger partial charge on any atom is 0.187 e.